The molecule has 0 bridgehead atoms. The fourth-order valence-corrected chi connectivity index (χ4v) is 2.69. The molecule has 1 aromatic rings. The molecule has 1 aromatic carbocycles. The highest BCUT2D eigenvalue weighted by Crippen LogP contribution is 2.19. The minimum absolute atomic E-state index is 0.187. The molecule has 2 nitrogen and oxygen atoms in total. The highest BCUT2D eigenvalue weighted by molar-refractivity contribution is 5.30. The van der Waals surface area contributed by atoms with Crippen molar-refractivity contribution in [1.82, 2.24) is 10.2 Å². The van der Waals surface area contributed by atoms with Crippen LogP contribution < -0.4 is 5.32 Å². The third kappa shape index (κ3) is 3.68. The molecule has 2 rings (SSSR count). The van der Waals surface area contributed by atoms with Crippen molar-refractivity contribution in [1.29, 1.82) is 0 Å². The van der Waals surface area contributed by atoms with Crippen LogP contribution in [0.2, 0.25) is 0 Å². The van der Waals surface area contributed by atoms with Gasteiger partial charge >= 0.3 is 0 Å². The van der Waals surface area contributed by atoms with Crippen molar-refractivity contribution in [2.75, 3.05) is 13.1 Å². The Labute approximate surface area is 117 Å². The number of nitrogens with one attached hydrogen (secondary N) is 1. The van der Waals surface area contributed by atoms with Gasteiger partial charge in [-0.25, -0.2) is 0 Å². The number of fused-ring (bicyclic) bond motifs is 1. The van der Waals surface area contributed by atoms with E-state index in [4.69, 9.17) is 0 Å². The molecule has 19 heavy (non-hydrogen) atoms. The van der Waals surface area contributed by atoms with Crippen LogP contribution in [0.4, 0.5) is 0 Å². The maximum absolute atomic E-state index is 3.88. The van der Waals surface area contributed by atoms with E-state index in [1.54, 1.807) is 0 Å². The van der Waals surface area contributed by atoms with E-state index in [1.807, 2.05) is 6.08 Å². The van der Waals surface area contributed by atoms with Crippen LogP contribution in [-0.4, -0.2) is 29.6 Å². The third-order valence-electron chi connectivity index (χ3n) is 3.90. The number of benzene rings is 1. The van der Waals surface area contributed by atoms with Crippen molar-refractivity contribution < 1.29 is 0 Å². The molecule has 0 saturated heterocycles. The zero-order chi connectivity index (χ0) is 13.9. The van der Waals surface area contributed by atoms with Gasteiger partial charge in [0.25, 0.3) is 0 Å². The molecule has 0 aromatic heterocycles. The molecule has 0 saturated carbocycles. The van der Waals surface area contributed by atoms with Gasteiger partial charge in [0.1, 0.15) is 0 Å². The normalized spacial score (nSPS) is 19.3. The van der Waals surface area contributed by atoms with Gasteiger partial charge < -0.3 is 5.32 Å². The van der Waals surface area contributed by atoms with Crippen LogP contribution in [0.3, 0.4) is 0 Å². The lowest BCUT2D eigenvalue weighted by Crippen LogP contribution is -2.50. The van der Waals surface area contributed by atoms with E-state index in [9.17, 15) is 0 Å². The predicted octanol–water partition coefficient (Wildman–Crippen LogP) is 2.99. The molecule has 0 radical (unpaired) electrons. The van der Waals surface area contributed by atoms with E-state index in [-0.39, 0.29) is 5.54 Å². The molecule has 0 spiro atoms. The molecule has 2 heteroatoms. The second-order valence-electron chi connectivity index (χ2n) is 6.42. The Hall–Kier alpha value is -1.12. The molecule has 0 fully saturated rings. The van der Waals surface area contributed by atoms with Gasteiger partial charge in [-0.05, 0) is 38.3 Å². The fraction of sp³-hybridized carbons (Fsp3) is 0.529. The summed E-state index contributed by atoms with van der Waals surface area (Å²) in [4.78, 5) is 2.49. The highest BCUT2D eigenvalue weighted by atomic mass is 15.2. The Balaban J connectivity index is 2.02. The van der Waals surface area contributed by atoms with Gasteiger partial charge in [0.15, 0.2) is 0 Å². The van der Waals surface area contributed by atoms with Crippen LogP contribution >= 0.6 is 0 Å². The lowest BCUT2D eigenvalue weighted by Gasteiger charge is -2.39. The first-order chi connectivity index (χ1) is 9.00. The Bertz CT molecular complexity index is 431. The molecular weight excluding hydrogens is 232 g/mol. The molecule has 1 unspecified atom stereocenters. The van der Waals surface area contributed by atoms with Crippen molar-refractivity contribution in [2.45, 2.75) is 45.3 Å². The Morgan fingerprint density at radius 2 is 2.00 bits per heavy atom. The molecule has 1 atom stereocenters. The van der Waals surface area contributed by atoms with Crippen LogP contribution in [0, 0.1) is 0 Å². The number of hydrogen-bond donors (Lipinski definition) is 1. The van der Waals surface area contributed by atoms with Gasteiger partial charge in [0.2, 0.25) is 0 Å². The lowest BCUT2D eigenvalue weighted by molar-refractivity contribution is 0.135. The van der Waals surface area contributed by atoms with Crippen molar-refractivity contribution in [3.8, 4) is 0 Å². The quantitative estimate of drug-likeness (QED) is 0.835. The summed E-state index contributed by atoms with van der Waals surface area (Å²) < 4.78 is 0. The van der Waals surface area contributed by atoms with E-state index in [1.165, 1.54) is 11.1 Å². The molecule has 1 aliphatic rings. The Kier molecular flexibility index (Phi) is 4.43. The van der Waals surface area contributed by atoms with Crippen LogP contribution in [0.1, 0.15) is 31.9 Å². The average Bonchev–Trinajstić information content (AvgIpc) is 2.37. The van der Waals surface area contributed by atoms with E-state index in [0.717, 1.165) is 26.1 Å². The molecule has 0 amide bonds. The lowest BCUT2D eigenvalue weighted by atomic mass is 9.94. The van der Waals surface area contributed by atoms with E-state index >= 15 is 0 Å². The second kappa shape index (κ2) is 5.89. The van der Waals surface area contributed by atoms with E-state index < -0.39 is 0 Å². The molecule has 104 valence electrons. The zero-order valence-corrected chi connectivity index (χ0v) is 12.4. The summed E-state index contributed by atoms with van der Waals surface area (Å²) in [7, 11) is 0. The first kappa shape index (κ1) is 14.3. The van der Waals surface area contributed by atoms with Gasteiger partial charge in [-0.1, -0.05) is 30.3 Å². The summed E-state index contributed by atoms with van der Waals surface area (Å²) in [5.41, 5.74) is 3.14. The number of hydrogen-bond acceptors (Lipinski definition) is 2. The number of rotatable bonds is 4. The van der Waals surface area contributed by atoms with Gasteiger partial charge in [0.05, 0.1) is 0 Å². The summed E-state index contributed by atoms with van der Waals surface area (Å²) >= 11 is 0. The molecule has 1 heterocycles. The number of nitrogens with zero attached hydrogens (tertiary/aromatic N) is 1. The van der Waals surface area contributed by atoms with Crippen molar-refractivity contribution in [3.63, 3.8) is 0 Å². The smallest absolute Gasteiger partial charge is 0.0239 e. The summed E-state index contributed by atoms with van der Waals surface area (Å²) in [5, 5.41) is 3.66. The van der Waals surface area contributed by atoms with Crippen molar-refractivity contribution in [3.05, 3.63) is 48.0 Å². The van der Waals surface area contributed by atoms with Gasteiger partial charge in [-0.15, -0.1) is 6.58 Å². The van der Waals surface area contributed by atoms with Gasteiger partial charge in [-0.2, -0.15) is 0 Å². The maximum Gasteiger partial charge on any atom is 0.0239 e. The van der Waals surface area contributed by atoms with Crippen molar-refractivity contribution >= 4 is 0 Å². The van der Waals surface area contributed by atoms with Crippen molar-refractivity contribution in [2.24, 2.45) is 0 Å². The van der Waals surface area contributed by atoms with E-state index in [2.05, 4.69) is 61.8 Å². The van der Waals surface area contributed by atoms with Crippen LogP contribution in [0.15, 0.2) is 36.9 Å². The molecule has 0 aliphatic carbocycles. The van der Waals surface area contributed by atoms with Gasteiger partial charge in [-0.3, -0.25) is 4.90 Å². The Morgan fingerprint density at radius 3 is 2.63 bits per heavy atom. The average molecular weight is 258 g/mol. The molecule has 1 N–H and O–H groups in total. The third-order valence-corrected chi connectivity index (χ3v) is 3.90. The van der Waals surface area contributed by atoms with E-state index in [0.29, 0.717) is 6.04 Å². The van der Waals surface area contributed by atoms with Gasteiger partial charge in [0, 0.05) is 31.2 Å². The first-order valence-corrected chi connectivity index (χ1v) is 7.17. The largest absolute Gasteiger partial charge is 0.308 e. The SMILES string of the molecule is C=CCN(CC1Cc2ccccc2CN1)C(C)(C)C. The maximum atomic E-state index is 3.88. The molecular formula is C17H26N2. The van der Waals surface area contributed by atoms with Crippen LogP contribution in [0.5, 0.6) is 0 Å². The summed E-state index contributed by atoms with van der Waals surface area (Å²) in [6.45, 7) is 13.7. The summed E-state index contributed by atoms with van der Waals surface area (Å²) in [6.07, 6.45) is 3.13. The monoisotopic (exact) mass is 258 g/mol. The minimum atomic E-state index is 0.187. The van der Waals surface area contributed by atoms with Crippen LogP contribution in [-0.2, 0) is 13.0 Å². The predicted molar refractivity (Wildman–Crippen MR) is 82.3 cm³/mol. The van der Waals surface area contributed by atoms with Crippen LogP contribution in [0.25, 0.3) is 0 Å². The Morgan fingerprint density at radius 1 is 1.32 bits per heavy atom. The minimum Gasteiger partial charge on any atom is -0.308 e. The topological polar surface area (TPSA) is 15.3 Å². The fourth-order valence-electron chi connectivity index (χ4n) is 2.69. The summed E-state index contributed by atoms with van der Waals surface area (Å²) in [6, 6.07) is 9.29. The second-order valence-corrected chi connectivity index (χ2v) is 6.42. The zero-order valence-electron chi connectivity index (χ0n) is 12.4. The summed E-state index contributed by atoms with van der Waals surface area (Å²) in [5.74, 6) is 0. The standard InChI is InChI=1S/C17H26N2/c1-5-10-19(17(2,3)4)13-16-11-14-8-6-7-9-15(14)12-18-16/h5-9,16,18H,1,10-13H2,2-4H3. The first-order valence-electron chi connectivity index (χ1n) is 7.17. The molecule has 1 aliphatic heterocycles. The highest BCUT2D eigenvalue weighted by Gasteiger charge is 2.25.